The number of benzene rings is 2. The molecule has 6 N–H and O–H groups in total. The Kier molecular flexibility index (Phi) is 3.52. The Hall–Kier alpha value is -3.42. The molecule has 2 aromatic rings. The molecule has 0 aliphatic rings. The molecule has 0 spiro atoms. The van der Waals surface area contributed by atoms with Gasteiger partial charge in [-0.25, -0.2) is 0 Å². The maximum atomic E-state index is 12.1. The van der Waals surface area contributed by atoms with E-state index in [1.165, 1.54) is 12.1 Å². The minimum absolute atomic E-state index is 0.404. The van der Waals surface area contributed by atoms with Gasteiger partial charge in [0.05, 0.1) is 5.56 Å². The zero-order valence-corrected chi connectivity index (χ0v) is 10.8. The lowest BCUT2D eigenvalue weighted by Crippen LogP contribution is -2.15. The van der Waals surface area contributed by atoms with Crippen molar-refractivity contribution in [3.63, 3.8) is 0 Å². The second-order valence-electron chi connectivity index (χ2n) is 4.29. The van der Waals surface area contributed by atoms with Gasteiger partial charge in [0.25, 0.3) is 0 Å². The minimum Gasteiger partial charge on any atom is -0.507 e. The SMILES string of the molecule is O=C(C(=O)c1c(O)c(O)c(O)c(O)c1O)c1ccccc1O. The Morgan fingerprint density at radius 2 is 1.09 bits per heavy atom. The maximum Gasteiger partial charge on any atom is 0.241 e. The highest BCUT2D eigenvalue weighted by atomic mass is 16.4. The number of hydrogen-bond acceptors (Lipinski definition) is 8. The maximum absolute atomic E-state index is 12.1. The number of carbonyl (C=O) groups excluding carboxylic acids is 2. The molecule has 0 bridgehead atoms. The van der Waals surface area contributed by atoms with Crippen LogP contribution in [0.1, 0.15) is 20.7 Å². The summed E-state index contributed by atoms with van der Waals surface area (Å²) in [6, 6.07) is 5.05. The molecule has 22 heavy (non-hydrogen) atoms. The number of ketones is 2. The molecule has 0 amide bonds. The molecular formula is C14H10O8. The molecule has 0 atom stereocenters. The third-order valence-electron chi connectivity index (χ3n) is 2.95. The summed E-state index contributed by atoms with van der Waals surface area (Å²) in [5.74, 6) is -9.65. The van der Waals surface area contributed by atoms with Crippen LogP contribution in [0.5, 0.6) is 34.5 Å². The number of aromatic hydroxyl groups is 6. The largest absolute Gasteiger partial charge is 0.507 e. The first-order valence-electron chi connectivity index (χ1n) is 5.83. The van der Waals surface area contributed by atoms with Crippen LogP contribution in [0.25, 0.3) is 0 Å². The highest BCUT2D eigenvalue weighted by Crippen LogP contribution is 2.51. The monoisotopic (exact) mass is 306 g/mol. The summed E-state index contributed by atoms with van der Waals surface area (Å²) in [6.45, 7) is 0. The summed E-state index contributed by atoms with van der Waals surface area (Å²) < 4.78 is 0. The summed E-state index contributed by atoms with van der Waals surface area (Å²) in [5, 5.41) is 56.7. The van der Waals surface area contributed by atoms with Crippen LogP contribution in [-0.4, -0.2) is 42.2 Å². The topological polar surface area (TPSA) is 156 Å². The van der Waals surface area contributed by atoms with Crippen molar-refractivity contribution in [2.45, 2.75) is 0 Å². The highest BCUT2D eigenvalue weighted by molar-refractivity contribution is 6.50. The van der Waals surface area contributed by atoms with Crippen molar-refractivity contribution in [2.24, 2.45) is 0 Å². The molecule has 0 aliphatic carbocycles. The summed E-state index contributed by atoms with van der Waals surface area (Å²) in [5.41, 5.74) is -1.50. The van der Waals surface area contributed by atoms with Crippen LogP contribution in [0.2, 0.25) is 0 Å². The van der Waals surface area contributed by atoms with Gasteiger partial charge in [-0.05, 0) is 12.1 Å². The van der Waals surface area contributed by atoms with E-state index < -0.39 is 57.2 Å². The van der Waals surface area contributed by atoms with E-state index in [0.29, 0.717) is 0 Å². The Morgan fingerprint density at radius 1 is 0.636 bits per heavy atom. The van der Waals surface area contributed by atoms with Crippen molar-refractivity contribution < 1.29 is 40.2 Å². The highest BCUT2D eigenvalue weighted by Gasteiger charge is 2.32. The summed E-state index contributed by atoms with van der Waals surface area (Å²) in [6.07, 6.45) is 0. The number of phenolic OH excluding ortho intramolecular Hbond substituents is 6. The van der Waals surface area contributed by atoms with Gasteiger partial charge in [0.15, 0.2) is 11.5 Å². The third kappa shape index (κ3) is 2.12. The molecule has 0 aliphatic heterocycles. The fourth-order valence-corrected chi connectivity index (χ4v) is 1.80. The van der Waals surface area contributed by atoms with E-state index in [1.54, 1.807) is 0 Å². The van der Waals surface area contributed by atoms with E-state index in [2.05, 4.69) is 0 Å². The lowest BCUT2D eigenvalue weighted by molar-refractivity contribution is 0.0810. The van der Waals surface area contributed by atoms with Crippen LogP contribution in [-0.2, 0) is 0 Å². The van der Waals surface area contributed by atoms with Crippen LogP contribution >= 0.6 is 0 Å². The predicted molar refractivity (Wildman–Crippen MR) is 71.5 cm³/mol. The minimum atomic E-state index is -1.50. The van der Waals surface area contributed by atoms with Crippen molar-refractivity contribution >= 4 is 11.6 Å². The molecule has 2 aromatic carbocycles. The standard InChI is InChI=1S/C14H10O8/c15-6-4-2-1-3-5(6)8(16)9(17)7-10(18)12(20)14(22)13(21)11(7)19/h1-4,15,18-22H. The van der Waals surface area contributed by atoms with Gasteiger partial charge in [0.1, 0.15) is 11.3 Å². The molecule has 0 saturated carbocycles. The van der Waals surface area contributed by atoms with Crippen LogP contribution in [0.15, 0.2) is 24.3 Å². The van der Waals surface area contributed by atoms with Gasteiger partial charge in [-0.15, -0.1) is 0 Å². The number of carbonyl (C=O) groups is 2. The van der Waals surface area contributed by atoms with E-state index in [9.17, 15) is 40.2 Å². The van der Waals surface area contributed by atoms with E-state index >= 15 is 0 Å². The average molecular weight is 306 g/mol. The second-order valence-corrected chi connectivity index (χ2v) is 4.29. The first-order chi connectivity index (χ1) is 10.3. The van der Waals surface area contributed by atoms with Gasteiger partial charge >= 0.3 is 0 Å². The van der Waals surface area contributed by atoms with Crippen molar-refractivity contribution in [1.82, 2.24) is 0 Å². The molecule has 114 valence electrons. The smallest absolute Gasteiger partial charge is 0.241 e. The van der Waals surface area contributed by atoms with Crippen LogP contribution in [0, 0.1) is 0 Å². The van der Waals surface area contributed by atoms with Crippen molar-refractivity contribution in [3.05, 3.63) is 35.4 Å². The van der Waals surface area contributed by atoms with E-state index in [1.807, 2.05) is 0 Å². The molecule has 0 aromatic heterocycles. The van der Waals surface area contributed by atoms with E-state index in [-0.39, 0.29) is 0 Å². The number of para-hydroxylation sites is 1. The quantitative estimate of drug-likeness (QED) is 0.212. The summed E-state index contributed by atoms with van der Waals surface area (Å²) >= 11 is 0. The lowest BCUT2D eigenvalue weighted by atomic mass is 9.98. The molecular weight excluding hydrogens is 296 g/mol. The molecule has 8 heteroatoms. The van der Waals surface area contributed by atoms with Gasteiger partial charge in [0, 0.05) is 0 Å². The molecule has 0 radical (unpaired) electrons. The molecule has 0 fully saturated rings. The molecule has 8 nitrogen and oxygen atoms in total. The fraction of sp³-hybridized carbons (Fsp3) is 0. The number of rotatable bonds is 3. The zero-order valence-electron chi connectivity index (χ0n) is 10.8. The zero-order chi connectivity index (χ0) is 16.6. The van der Waals surface area contributed by atoms with Crippen molar-refractivity contribution in [2.75, 3.05) is 0 Å². The first kappa shape index (κ1) is 15.0. The molecule has 0 unspecified atom stereocenters. The first-order valence-corrected chi connectivity index (χ1v) is 5.83. The van der Waals surface area contributed by atoms with Crippen molar-refractivity contribution in [3.8, 4) is 34.5 Å². The van der Waals surface area contributed by atoms with Crippen LogP contribution < -0.4 is 0 Å². The van der Waals surface area contributed by atoms with Crippen LogP contribution in [0.3, 0.4) is 0 Å². The fourth-order valence-electron chi connectivity index (χ4n) is 1.80. The average Bonchev–Trinajstić information content (AvgIpc) is 2.51. The van der Waals surface area contributed by atoms with Crippen molar-refractivity contribution in [1.29, 1.82) is 0 Å². The van der Waals surface area contributed by atoms with Crippen LogP contribution in [0.4, 0.5) is 0 Å². The van der Waals surface area contributed by atoms with Gasteiger partial charge in [0.2, 0.25) is 28.8 Å². The number of Topliss-reactive ketones (excluding diaryl/α,β-unsaturated/α-hetero) is 2. The normalized spacial score (nSPS) is 10.4. The molecule has 0 saturated heterocycles. The predicted octanol–water partition coefficient (Wildman–Crippen LogP) is 0.986. The van der Waals surface area contributed by atoms with Gasteiger partial charge in [-0.3, -0.25) is 9.59 Å². The lowest BCUT2D eigenvalue weighted by Gasteiger charge is -2.11. The summed E-state index contributed by atoms with van der Waals surface area (Å²) in [4.78, 5) is 24.1. The van der Waals surface area contributed by atoms with E-state index in [0.717, 1.165) is 12.1 Å². The second kappa shape index (κ2) is 5.17. The Balaban J connectivity index is 2.61. The van der Waals surface area contributed by atoms with Gasteiger partial charge in [-0.1, -0.05) is 12.1 Å². The molecule has 0 heterocycles. The molecule has 2 rings (SSSR count). The Bertz CT molecular complexity index is 765. The third-order valence-corrected chi connectivity index (χ3v) is 2.95. The number of hydrogen-bond donors (Lipinski definition) is 6. The Labute approximate surface area is 122 Å². The van der Waals surface area contributed by atoms with E-state index in [4.69, 9.17) is 0 Å². The number of phenols is 6. The van der Waals surface area contributed by atoms with Gasteiger partial charge in [-0.2, -0.15) is 0 Å². The summed E-state index contributed by atoms with van der Waals surface area (Å²) in [7, 11) is 0. The van der Waals surface area contributed by atoms with Gasteiger partial charge < -0.3 is 30.6 Å². The Morgan fingerprint density at radius 3 is 1.59 bits per heavy atom.